The van der Waals surface area contributed by atoms with Gasteiger partial charge in [0.15, 0.2) is 17.6 Å². The van der Waals surface area contributed by atoms with Crippen molar-refractivity contribution in [2.45, 2.75) is 25.8 Å². The number of rotatable bonds is 4. The summed E-state index contributed by atoms with van der Waals surface area (Å²) in [6.45, 7) is 5.00. The highest BCUT2D eigenvalue weighted by Crippen LogP contribution is 2.16. The maximum atomic E-state index is 13.3. The molecule has 0 bridgehead atoms. The Morgan fingerprint density at radius 2 is 2.12 bits per heavy atom. The van der Waals surface area contributed by atoms with Crippen molar-refractivity contribution in [2.24, 2.45) is 10.9 Å². The Morgan fingerprint density at radius 1 is 1.38 bits per heavy atom. The van der Waals surface area contributed by atoms with Gasteiger partial charge in [-0.1, -0.05) is 6.07 Å². The summed E-state index contributed by atoms with van der Waals surface area (Å²) in [5, 5.41) is 6.55. The monoisotopic (exact) mass is 452 g/mol. The lowest BCUT2D eigenvalue weighted by atomic mass is 9.98. The summed E-state index contributed by atoms with van der Waals surface area (Å²) in [4.78, 5) is 6.55. The summed E-state index contributed by atoms with van der Waals surface area (Å²) < 4.78 is 26.3. The van der Waals surface area contributed by atoms with E-state index in [1.807, 2.05) is 6.92 Å². The topological polar surface area (TPSA) is 39.7 Å². The fourth-order valence-corrected chi connectivity index (χ4v) is 2.95. The molecule has 136 valence electrons. The van der Waals surface area contributed by atoms with E-state index in [4.69, 9.17) is 0 Å². The number of benzene rings is 1. The molecule has 1 aliphatic heterocycles. The average molecular weight is 452 g/mol. The minimum atomic E-state index is -0.829. The molecule has 1 fully saturated rings. The second kappa shape index (κ2) is 10.1. The maximum absolute atomic E-state index is 13.3. The van der Waals surface area contributed by atoms with Crippen LogP contribution in [0.2, 0.25) is 0 Å². The number of nitrogens with zero attached hydrogens (tertiary/aromatic N) is 2. The first-order valence-corrected chi connectivity index (χ1v) is 8.10. The van der Waals surface area contributed by atoms with Crippen LogP contribution in [0.5, 0.6) is 0 Å². The Hall–Kier alpha value is -0.960. The van der Waals surface area contributed by atoms with E-state index >= 15 is 0 Å². The van der Waals surface area contributed by atoms with E-state index in [2.05, 4.69) is 27.6 Å². The molecule has 0 aromatic heterocycles. The van der Waals surface area contributed by atoms with Gasteiger partial charge in [0.2, 0.25) is 0 Å². The fourth-order valence-electron chi connectivity index (χ4n) is 2.95. The van der Waals surface area contributed by atoms with Crippen molar-refractivity contribution in [1.82, 2.24) is 15.5 Å². The Kier molecular flexibility index (Phi) is 8.90. The van der Waals surface area contributed by atoms with Gasteiger partial charge >= 0.3 is 0 Å². The van der Waals surface area contributed by atoms with E-state index in [1.165, 1.54) is 18.9 Å². The number of piperidine rings is 1. The standard InChI is InChI=1S/C17H26F2N4.HI/c1-12(14-6-7-15(18)16(19)9-14)22-17(20-2)21-10-13-5-4-8-23(3)11-13;/h6-7,9,12-13H,4-5,8,10-11H2,1-3H3,(H2,20,21,22);1H. The summed E-state index contributed by atoms with van der Waals surface area (Å²) in [5.74, 6) is -0.379. The minimum absolute atomic E-state index is 0. The highest BCUT2D eigenvalue weighted by Gasteiger charge is 2.18. The molecule has 2 N–H and O–H groups in total. The second-order valence-electron chi connectivity index (χ2n) is 6.26. The highest BCUT2D eigenvalue weighted by atomic mass is 127. The predicted molar refractivity (Wildman–Crippen MR) is 105 cm³/mol. The molecular formula is C17H27F2IN4. The Balaban J connectivity index is 0.00000288. The van der Waals surface area contributed by atoms with Crippen molar-refractivity contribution in [1.29, 1.82) is 0 Å². The molecule has 2 unspecified atom stereocenters. The summed E-state index contributed by atoms with van der Waals surface area (Å²) in [6, 6.07) is 3.79. The number of nitrogens with one attached hydrogen (secondary N) is 2. The Morgan fingerprint density at radius 3 is 2.75 bits per heavy atom. The van der Waals surface area contributed by atoms with Gasteiger partial charge in [-0.3, -0.25) is 4.99 Å². The number of halogens is 3. The Labute approximate surface area is 160 Å². The molecule has 24 heavy (non-hydrogen) atoms. The minimum Gasteiger partial charge on any atom is -0.356 e. The lowest BCUT2D eigenvalue weighted by Gasteiger charge is -2.30. The summed E-state index contributed by atoms with van der Waals surface area (Å²) >= 11 is 0. The molecule has 1 aromatic carbocycles. The molecule has 0 spiro atoms. The van der Waals surface area contributed by atoms with E-state index in [-0.39, 0.29) is 30.0 Å². The lowest BCUT2D eigenvalue weighted by molar-refractivity contribution is 0.210. The first-order chi connectivity index (χ1) is 11.0. The van der Waals surface area contributed by atoms with Crippen LogP contribution < -0.4 is 10.6 Å². The summed E-state index contributed by atoms with van der Waals surface area (Å²) in [6.07, 6.45) is 2.44. The van der Waals surface area contributed by atoms with Crippen molar-refractivity contribution in [3.05, 3.63) is 35.4 Å². The zero-order valence-corrected chi connectivity index (χ0v) is 16.8. The molecule has 2 atom stereocenters. The number of guanidine groups is 1. The molecule has 0 aliphatic carbocycles. The largest absolute Gasteiger partial charge is 0.356 e. The maximum Gasteiger partial charge on any atom is 0.191 e. The van der Waals surface area contributed by atoms with Gasteiger partial charge in [0.25, 0.3) is 0 Å². The van der Waals surface area contributed by atoms with Gasteiger partial charge < -0.3 is 15.5 Å². The molecule has 1 aromatic rings. The third-order valence-corrected chi connectivity index (χ3v) is 4.30. The van der Waals surface area contributed by atoms with Gasteiger partial charge in [0, 0.05) is 20.1 Å². The highest BCUT2D eigenvalue weighted by molar-refractivity contribution is 14.0. The number of likely N-dealkylation sites (tertiary alicyclic amines) is 1. The smallest absolute Gasteiger partial charge is 0.191 e. The van der Waals surface area contributed by atoms with Crippen LogP contribution in [0.25, 0.3) is 0 Å². The molecule has 0 saturated carbocycles. The van der Waals surface area contributed by atoms with E-state index in [0.29, 0.717) is 17.4 Å². The number of aliphatic imine (C=N–C) groups is 1. The average Bonchev–Trinajstić information content (AvgIpc) is 2.53. The second-order valence-corrected chi connectivity index (χ2v) is 6.26. The van der Waals surface area contributed by atoms with E-state index in [1.54, 1.807) is 13.1 Å². The van der Waals surface area contributed by atoms with Crippen molar-refractivity contribution < 1.29 is 8.78 Å². The zero-order chi connectivity index (χ0) is 16.8. The molecule has 7 heteroatoms. The van der Waals surface area contributed by atoms with Gasteiger partial charge in [0.05, 0.1) is 6.04 Å². The molecular weight excluding hydrogens is 425 g/mol. The van der Waals surface area contributed by atoms with Crippen molar-refractivity contribution in [3.63, 3.8) is 0 Å². The normalized spacial score (nSPS) is 20.2. The predicted octanol–water partition coefficient (Wildman–Crippen LogP) is 3.15. The van der Waals surface area contributed by atoms with E-state index in [0.717, 1.165) is 25.7 Å². The van der Waals surface area contributed by atoms with Gasteiger partial charge in [-0.05, 0) is 57.0 Å². The fraction of sp³-hybridized carbons (Fsp3) is 0.588. The third-order valence-electron chi connectivity index (χ3n) is 4.30. The molecule has 4 nitrogen and oxygen atoms in total. The van der Waals surface area contributed by atoms with Crippen molar-refractivity contribution in [3.8, 4) is 0 Å². The molecule has 1 heterocycles. The molecule has 0 radical (unpaired) electrons. The van der Waals surface area contributed by atoms with E-state index < -0.39 is 11.6 Å². The van der Waals surface area contributed by atoms with Gasteiger partial charge in [-0.25, -0.2) is 8.78 Å². The van der Waals surface area contributed by atoms with Crippen molar-refractivity contribution in [2.75, 3.05) is 33.7 Å². The molecule has 1 aliphatic rings. The zero-order valence-electron chi connectivity index (χ0n) is 14.5. The summed E-state index contributed by atoms with van der Waals surface area (Å²) in [7, 11) is 3.85. The quantitative estimate of drug-likeness (QED) is 0.419. The summed E-state index contributed by atoms with van der Waals surface area (Å²) in [5.41, 5.74) is 0.684. The van der Waals surface area contributed by atoms with Crippen LogP contribution in [0.4, 0.5) is 8.78 Å². The third kappa shape index (κ3) is 6.16. The van der Waals surface area contributed by atoms with Gasteiger partial charge in [-0.2, -0.15) is 0 Å². The Bertz CT molecular complexity index is 553. The van der Waals surface area contributed by atoms with E-state index in [9.17, 15) is 8.78 Å². The van der Waals surface area contributed by atoms with Crippen molar-refractivity contribution >= 4 is 29.9 Å². The van der Waals surface area contributed by atoms with Crippen LogP contribution >= 0.6 is 24.0 Å². The molecule has 2 rings (SSSR count). The van der Waals surface area contributed by atoms with Crippen LogP contribution in [0, 0.1) is 17.6 Å². The lowest BCUT2D eigenvalue weighted by Crippen LogP contribution is -2.44. The van der Waals surface area contributed by atoms with Crippen LogP contribution in [0.15, 0.2) is 23.2 Å². The van der Waals surface area contributed by atoms with Crippen LogP contribution in [0.1, 0.15) is 31.4 Å². The number of hydrogen-bond acceptors (Lipinski definition) is 2. The molecule has 0 amide bonds. The van der Waals surface area contributed by atoms with Gasteiger partial charge in [0.1, 0.15) is 0 Å². The SMILES string of the molecule is CN=C(NCC1CCCN(C)C1)NC(C)c1ccc(F)c(F)c1.I. The number of hydrogen-bond donors (Lipinski definition) is 2. The first kappa shape index (κ1) is 21.1. The van der Waals surface area contributed by atoms with Crippen LogP contribution in [0.3, 0.4) is 0 Å². The van der Waals surface area contributed by atoms with Crippen LogP contribution in [-0.4, -0.2) is 44.6 Å². The van der Waals surface area contributed by atoms with Crippen LogP contribution in [-0.2, 0) is 0 Å². The first-order valence-electron chi connectivity index (χ1n) is 8.10. The van der Waals surface area contributed by atoms with Gasteiger partial charge in [-0.15, -0.1) is 24.0 Å². The molecule has 1 saturated heterocycles.